The van der Waals surface area contributed by atoms with Crippen molar-refractivity contribution in [3.63, 3.8) is 0 Å². The highest BCUT2D eigenvalue weighted by Gasteiger charge is 2.23. The van der Waals surface area contributed by atoms with Crippen molar-refractivity contribution in [3.8, 4) is 0 Å². The lowest BCUT2D eigenvalue weighted by Gasteiger charge is -2.15. The van der Waals surface area contributed by atoms with Crippen LogP contribution in [0.25, 0.3) is 0 Å². The van der Waals surface area contributed by atoms with Crippen LogP contribution in [0.4, 0.5) is 4.79 Å². The molecule has 2 amide bonds. The Hall–Kier alpha value is -1.58. The zero-order valence-corrected chi connectivity index (χ0v) is 11.5. The molecule has 1 atom stereocenters. The Morgan fingerprint density at radius 2 is 2.22 bits per heavy atom. The summed E-state index contributed by atoms with van der Waals surface area (Å²) in [5.74, 6) is 0.530. The molecule has 0 aromatic rings. The van der Waals surface area contributed by atoms with Crippen molar-refractivity contribution >= 4 is 11.7 Å². The Bertz CT molecular complexity index is 407. The number of hydrogen-bond acceptors (Lipinski definition) is 2. The summed E-state index contributed by atoms with van der Waals surface area (Å²) in [6, 6.07) is -0.620. The predicted molar refractivity (Wildman–Crippen MR) is 75.3 cm³/mol. The molecule has 0 saturated heterocycles. The number of hydrazone groups is 1. The van der Waals surface area contributed by atoms with E-state index in [2.05, 4.69) is 31.0 Å². The Morgan fingerprint density at radius 1 is 1.56 bits per heavy atom. The summed E-state index contributed by atoms with van der Waals surface area (Å²) in [7, 11) is 0. The third-order valence-corrected chi connectivity index (χ3v) is 3.48. The van der Waals surface area contributed by atoms with Crippen LogP contribution in [0.2, 0.25) is 0 Å². The van der Waals surface area contributed by atoms with Gasteiger partial charge in [0.15, 0.2) is 0 Å². The van der Waals surface area contributed by atoms with Gasteiger partial charge >= 0.3 is 6.03 Å². The molecule has 100 valence electrons. The van der Waals surface area contributed by atoms with Crippen LogP contribution in [0.5, 0.6) is 0 Å². The van der Waals surface area contributed by atoms with Crippen LogP contribution < -0.4 is 11.2 Å². The monoisotopic (exact) mass is 249 g/mol. The number of allylic oxidation sites excluding steroid dienone is 3. The fourth-order valence-electron chi connectivity index (χ4n) is 2.45. The molecule has 4 nitrogen and oxygen atoms in total. The SMILES string of the molecule is C=C(C)C1CCC(C)=C1CC/C(C)=N/NC(N)=O. The van der Waals surface area contributed by atoms with Gasteiger partial charge in [-0.3, -0.25) is 0 Å². The van der Waals surface area contributed by atoms with E-state index in [1.54, 1.807) is 0 Å². The lowest BCUT2D eigenvalue weighted by atomic mass is 9.90. The Morgan fingerprint density at radius 3 is 2.78 bits per heavy atom. The first kappa shape index (κ1) is 14.5. The molecule has 1 aliphatic rings. The third kappa shape index (κ3) is 4.02. The van der Waals surface area contributed by atoms with E-state index in [-0.39, 0.29) is 0 Å². The molecule has 0 saturated carbocycles. The lowest BCUT2D eigenvalue weighted by Crippen LogP contribution is -2.25. The van der Waals surface area contributed by atoms with Gasteiger partial charge in [-0.25, -0.2) is 10.2 Å². The summed E-state index contributed by atoms with van der Waals surface area (Å²) in [5.41, 5.74) is 12.3. The van der Waals surface area contributed by atoms with E-state index in [1.165, 1.54) is 29.6 Å². The third-order valence-electron chi connectivity index (χ3n) is 3.48. The number of nitrogens with one attached hydrogen (secondary N) is 1. The number of carbonyl (C=O) groups excluding carboxylic acids is 1. The van der Waals surface area contributed by atoms with Crippen LogP contribution in [-0.2, 0) is 0 Å². The van der Waals surface area contributed by atoms with E-state index in [0.717, 1.165) is 18.6 Å². The van der Waals surface area contributed by atoms with Gasteiger partial charge < -0.3 is 5.73 Å². The summed E-state index contributed by atoms with van der Waals surface area (Å²) in [6.07, 6.45) is 4.19. The molecule has 0 spiro atoms. The molecule has 1 rings (SSSR count). The zero-order chi connectivity index (χ0) is 13.7. The molecule has 1 unspecified atom stereocenters. The normalized spacial score (nSPS) is 20.2. The molecular formula is C14H23N3O. The quantitative estimate of drug-likeness (QED) is 0.439. The Balaban J connectivity index is 2.57. The summed E-state index contributed by atoms with van der Waals surface area (Å²) in [5, 5.41) is 3.93. The number of nitrogens with zero attached hydrogens (tertiary/aromatic N) is 1. The lowest BCUT2D eigenvalue weighted by molar-refractivity contribution is 0.249. The number of hydrogen-bond donors (Lipinski definition) is 2. The van der Waals surface area contributed by atoms with Crippen LogP contribution >= 0.6 is 0 Å². The van der Waals surface area contributed by atoms with Gasteiger partial charge in [0.25, 0.3) is 0 Å². The van der Waals surface area contributed by atoms with Crippen LogP contribution in [0.15, 0.2) is 28.4 Å². The van der Waals surface area contributed by atoms with Gasteiger partial charge in [0.1, 0.15) is 0 Å². The molecule has 3 N–H and O–H groups in total. The van der Waals surface area contributed by atoms with E-state index in [4.69, 9.17) is 5.73 Å². The largest absolute Gasteiger partial charge is 0.350 e. The molecule has 0 aromatic carbocycles. The van der Waals surface area contributed by atoms with Crippen molar-refractivity contribution in [2.24, 2.45) is 16.8 Å². The second-order valence-corrected chi connectivity index (χ2v) is 5.07. The van der Waals surface area contributed by atoms with E-state index >= 15 is 0 Å². The average Bonchev–Trinajstić information content (AvgIpc) is 2.65. The molecule has 0 fully saturated rings. The van der Waals surface area contributed by atoms with E-state index < -0.39 is 6.03 Å². The highest BCUT2D eigenvalue weighted by molar-refractivity contribution is 5.83. The summed E-state index contributed by atoms with van der Waals surface area (Å²) >= 11 is 0. The minimum Gasteiger partial charge on any atom is -0.350 e. The number of nitrogens with two attached hydrogens (primary N) is 1. The fourth-order valence-corrected chi connectivity index (χ4v) is 2.45. The minimum atomic E-state index is -0.620. The number of urea groups is 1. The van der Waals surface area contributed by atoms with Crippen LogP contribution in [0, 0.1) is 5.92 Å². The highest BCUT2D eigenvalue weighted by Crippen LogP contribution is 2.38. The molecule has 0 aliphatic heterocycles. The van der Waals surface area contributed by atoms with Crippen molar-refractivity contribution in [2.45, 2.75) is 46.5 Å². The summed E-state index contributed by atoms with van der Waals surface area (Å²) < 4.78 is 0. The first-order valence-electron chi connectivity index (χ1n) is 6.34. The molecule has 4 heteroatoms. The minimum absolute atomic E-state index is 0.530. The maximum absolute atomic E-state index is 10.5. The first-order valence-corrected chi connectivity index (χ1v) is 6.34. The smallest absolute Gasteiger partial charge is 0.332 e. The van der Waals surface area contributed by atoms with Crippen LogP contribution in [0.3, 0.4) is 0 Å². The van der Waals surface area contributed by atoms with Gasteiger partial charge in [0.2, 0.25) is 0 Å². The number of primary amides is 1. The van der Waals surface area contributed by atoms with Gasteiger partial charge in [-0.2, -0.15) is 5.10 Å². The highest BCUT2D eigenvalue weighted by atomic mass is 16.2. The molecular weight excluding hydrogens is 226 g/mol. The summed E-state index contributed by atoms with van der Waals surface area (Å²) in [6.45, 7) is 10.3. The maximum Gasteiger partial charge on any atom is 0.332 e. The van der Waals surface area contributed by atoms with Crippen molar-refractivity contribution in [1.82, 2.24) is 5.43 Å². The van der Waals surface area contributed by atoms with Gasteiger partial charge in [0, 0.05) is 11.6 Å². The topological polar surface area (TPSA) is 67.5 Å². The molecule has 0 radical (unpaired) electrons. The van der Waals surface area contributed by atoms with Crippen LogP contribution in [-0.4, -0.2) is 11.7 Å². The van der Waals surface area contributed by atoms with Gasteiger partial charge in [-0.15, -0.1) is 0 Å². The van der Waals surface area contributed by atoms with Crippen molar-refractivity contribution in [1.29, 1.82) is 0 Å². The molecule has 0 bridgehead atoms. The fraction of sp³-hybridized carbons (Fsp3) is 0.571. The van der Waals surface area contributed by atoms with Gasteiger partial charge in [0.05, 0.1) is 0 Å². The van der Waals surface area contributed by atoms with Crippen molar-refractivity contribution < 1.29 is 4.79 Å². The maximum atomic E-state index is 10.5. The average molecular weight is 249 g/mol. The first-order chi connectivity index (χ1) is 8.41. The Labute approximate surface area is 109 Å². The van der Waals surface area contributed by atoms with Crippen molar-refractivity contribution in [3.05, 3.63) is 23.3 Å². The molecule has 1 aliphatic carbocycles. The van der Waals surface area contributed by atoms with Crippen LogP contribution in [0.1, 0.15) is 46.5 Å². The number of rotatable bonds is 5. The number of carbonyl (C=O) groups is 1. The standard InChI is InChI=1S/C14H23N3O/c1-9(2)12-7-5-10(3)13(12)8-6-11(4)16-17-14(15)18/h12H,1,5-8H2,2-4H3,(H3,15,17,18)/b16-11+. The predicted octanol–water partition coefficient (Wildman–Crippen LogP) is 3.11. The molecule has 18 heavy (non-hydrogen) atoms. The van der Waals surface area contributed by atoms with E-state index in [9.17, 15) is 4.79 Å². The van der Waals surface area contributed by atoms with Gasteiger partial charge in [-0.05, 0) is 46.5 Å². The number of amides is 2. The molecule has 0 aromatic heterocycles. The van der Waals surface area contributed by atoms with Crippen molar-refractivity contribution in [2.75, 3.05) is 0 Å². The van der Waals surface area contributed by atoms with E-state index in [1.807, 2.05) is 6.92 Å². The zero-order valence-electron chi connectivity index (χ0n) is 11.5. The Kier molecular flexibility index (Phi) is 5.13. The molecule has 0 heterocycles. The second-order valence-electron chi connectivity index (χ2n) is 5.07. The van der Waals surface area contributed by atoms with Gasteiger partial charge in [-0.1, -0.05) is 23.3 Å². The van der Waals surface area contributed by atoms with E-state index in [0.29, 0.717) is 5.92 Å². The summed E-state index contributed by atoms with van der Waals surface area (Å²) in [4.78, 5) is 10.5. The second kappa shape index (κ2) is 6.38.